The van der Waals surface area contributed by atoms with E-state index in [-0.39, 0.29) is 51.7 Å². The number of benzene rings is 2. The number of likely N-dealkylation sites (N-methyl/N-ethyl adjacent to an activating group) is 1. The van der Waals surface area contributed by atoms with Crippen LogP contribution in [0.25, 0.3) is 11.4 Å². The molecule has 0 spiro atoms. The topological polar surface area (TPSA) is 122 Å². The molecular weight excluding hydrogens is 599 g/mol. The minimum atomic E-state index is -4.61. The first-order chi connectivity index (χ1) is 21.0. The minimum absolute atomic E-state index is 0.0259. The number of halogens is 4. The molecule has 0 bridgehead atoms. The fourth-order valence-electron chi connectivity index (χ4n) is 4.67. The van der Waals surface area contributed by atoms with E-state index in [9.17, 15) is 18.0 Å². The summed E-state index contributed by atoms with van der Waals surface area (Å²) in [4.78, 5) is 30.0. The SMILES string of the molecule is CN=Cc1c(N)nc(-c2ccoc2)nc1Oc1ccc(Cl)c(C(=O)Nc2ccc(CN3CCN(C)CC3)c(C(F)(F)F)c2)c1. The Bertz CT molecular complexity index is 1670. The molecule has 0 aliphatic carbocycles. The van der Waals surface area contributed by atoms with Gasteiger partial charge in [0, 0.05) is 51.7 Å². The summed E-state index contributed by atoms with van der Waals surface area (Å²) in [5.74, 6) is -0.168. The first kappa shape index (κ1) is 31.0. The lowest BCUT2D eigenvalue weighted by atomic mass is 10.0. The van der Waals surface area contributed by atoms with Crippen molar-refractivity contribution in [3.05, 3.63) is 82.3 Å². The molecule has 4 aromatic rings. The van der Waals surface area contributed by atoms with E-state index >= 15 is 0 Å². The van der Waals surface area contributed by atoms with E-state index in [4.69, 9.17) is 26.5 Å². The van der Waals surface area contributed by atoms with E-state index in [1.807, 2.05) is 11.9 Å². The molecule has 1 saturated heterocycles. The van der Waals surface area contributed by atoms with Crippen LogP contribution in [0.15, 0.2) is 64.4 Å². The molecule has 230 valence electrons. The maximum Gasteiger partial charge on any atom is 0.416 e. The van der Waals surface area contributed by atoms with Gasteiger partial charge in [0.15, 0.2) is 5.82 Å². The Morgan fingerprint density at radius 3 is 2.61 bits per heavy atom. The summed E-state index contributed by atoms with van der Waals surface area (Å²) in [6.45, 7) is 3.05. The van der Waals surface area contributed by atoms with E-state index in [0.29, 0.717) is 24.2 Å². The number of hydrogen-bond donors (Lipinski definition) is 2. The molecule has 14 heteroatoms. The number of nitrogens with two attached hydrogens (primary N) is 1. The summed E-state index contributed by atoms with van der Waals surface area (Å²) >= 11 is 6.32. The molecule has 3 N–H and O–H groups in total. The van der Waals surface area contributed by atoms with Crippen molar-refractivity contribution in [2.45, 2.75) is 12.7 Å². The summed E-state index contributed by atoms with van der Waals surface area (Å²) in [5, 5.41) is 2.60. The average molecular weight is 628 g/mol. The fraction of sp³-hybridized carbons (Fsp3) is 0.267. The second-order valence-electron chi connectivity index (χ2n) is 10.2. The number of nitrogens with zero attached hydrogens (tertiary/aromatic N) is 5. The summed E-state index contributed by atoms with van der Waals surface area (Å²) in [6.07, 6.45) is -0.277. The van der Waals surface area contributed by atoms with Crippen LogP contribution >= 0.6 is 11.6 Å². The number of anilines is 2. The van der Waals surface area contributed by atoms with Crippen LogP contribution in [0.3, 0.4) is 0 Å². The first-order valence-corrected chi connectivity index (χ1v) is 13.9. The number of ether oxygens (including phenoxy) is 1. The Balaban J connectivity index is 1.39. The van der Waals surface area contributed by atoms with Gasteiger partial charge in [-0.25, -0.2) is 4.98 Å². The van der Waals surface area contributed by atoms with E-state index in [0.717, 1.165) is 19.2 Å². The molecule has 2 aromatic heterocycles. The van der Waals surface area contributed by atoms with Gasteiger partial charge in [0.2, 0.25) is 5.88 Å². The molecule has 0 atom stereocenters. The Labute approximate surface area is 256 Å². The molecule has 1 fully saturated rings. The third-order valence-electron chi connectivity index (χ3n) is 7.04. The molecule has 10 nitrogen and oxygen atoms in total. The van der Waals surface area contributed by atoms with Gasteiger partial charge in [0.1, 0.15) is 17.8 Å². The highest BCUT2D eigenvalue weighted by Gasteiger charge is 2.34. The van der Waals surface area contributed by atoms with E-state index in [2.05, 4.69) is 25.2 Å². The summed E-state index contributed by atoms with van der Waals surface area (Å²) in [5.41, 5.74) is 6.29. The fourth-order valence-corrected chi connectivity index (χ4v) is 4.87. The predicted molar refractivity (Wildman–Crippen MR) is 161 cm³/mol. The number of hydrogen-bond acceptors (Lipinski definition) is 9. The number of rotatable bonds is 8. The van der Waals surface area contributed by atoms with Crippen LogP contribution in [0.5, 0.6) is 11.6 Å². The maximum absolute atomic E-state index is 14.1. The molecule has 2 aromatic carbocycles. The lowest BCUT2D eigenvalue weighted by Gasteiger charge is -2.33. The van der Waals surface area contributed by atoms with Crippen molar-refractivity contribution in [2.75, 3.05) is 51.3 Å². The number of nitrogen functional groups attached to an aromatic ring is 1. The van der Waals surface area contributed by atoms with Crippen molar-refractivity contribution in [3.8, 4) is 23.0 Å². The molecule has 5 rings (SSSR count). The molecule has 1 aliphatic heterocycles. The average Bonchev–Trinajstić information content (AvgIpc) is 3.52. The third-order valence-corrected chi connectivity index (χ3v) is 7.37. The number of nitrogens with one attached hydrogen (secondary N) is 1. The number of furan rings is 1. The number of carbonyl (C=O) groups is 1. The maximum atomic E-state index is 14.1. The van der Waals surface area contributed by atoms with Gasteiger partial charge >= 0.3 is 6.18 Å². The van der Waals surface area contributed by atoms with Gasteiger partial charge in [-0.1, -0.05) is 17.7 Å². The second-order valence-corrected chi connectivity index (χ2v) is 10.6. The van der Waals surface area contributed by atoms with Gasteiger partial charge in [0.05, 0.1) is 33.5 Å². The van der Waals surface area contributed by atoms with Crippen LogP contribution in [0.1, 0.15) is 27.0 Å². The zero-order chi connectivity index (χ0) is 31.4. The minimum Gasteiger partial charge on any atom is -0.472 e. The van der Waals surface area contributed by atoms with E-state index in [1.54, 1.807) is 13.1 Å². The normalized spacial score (nSPS) is 14.7. The number of amides is 1. The van der Waals surface area contributed by atoms with Gasteiger partial charge in [-0.3, -0.25) is 14.7 Å². The molecular formula is C30H29ClF3N7O3. The number of piperazine rings is 1. The molecule has 1 amide bonds. The van der Waals surface area contributed by atoms with Crippen molar-refractivity contribution in [3.63, 3.8) is 0 Å². The van der Waals surface area contributed by atoms with Crippen molar-refractivity contribution < 1.29 is 27.1 Å². The van der Waals surface area contributed by atoms with Gasteiger partial charge < -0.3 is 25.1 Å². The number of carbonyl (C=O) groups excluding carboxylic acids is 1. The number of alkyl halides is 3. The van der Waals surface area contributed by atoms with Crippen LogP contribution in [0.2, 0.25) is 5.02 Å². The summed E-state index contributed by atoms with van der Waals surface area (Å²) in [6, 6.07) is 9.73. The molecule has 1 aliphatic rings. The van der Waals surface area contributed by atoms with E-state index < -0.39 is 17.6 Å². The van der Waals surface area contributed by atoms with Crippen LogP contribution < -0.4 is 15.8 Å². The highest BCUT2D eigenvalue weighted by atomic mass is 35.5. The zero-order valence-corrected chi connectivity index (χ0v) is 24.6. The monoisotopic (exact) mass is 627 g/mol. The van der Waals surface area contributed by atoms with Crippen LogP contribution in [-0.4, -0.2) is 72.2 Å². The molecule has 0 radical (unpaired) electrons. The summed E-state index contributed by atoms with van der Waals surface area (Å²) in [7, 11) is 3.52. The highest BCUT2D eigenvalue weighted by Crippen LogP contribution is 2.35. The van der Waals surface area contributed by atoms with Crippen molar-refractivity contribution in [1.29, 1.82) is 0 Å². The Morgan fingerprint density at radius 1 is 1.16 bits per heavy atom. The quantitative estimate of drug-likeness (QED) is 0.234. The lowest BCUT2D eigenvalue weighted by Crippen LogP contribution is -2.44. The Hall–Kier alpha value is -4.46. The van der Waals surface area contributed by atoms with Gasteiger partial charge in [-0.15, -0.1) is 0 Å². The van der Waals surface area contributed by atoms with Crippen molar-refractivity contribution in [2.24, 2.45) is 4.99 Å². The van der Waals surface area contributed by atoms with Gasteiger partial charge in [-0.05, 0) is 49.0 Å². The molecule has 0 saturated carbocycles. The van der Waals surface area contributed by atoms with Crippen LogP contribution in [0, 0.1) is 0 Å². The smallest absolute Gasteiger partial charge is 0.416 e. The van der Waals surface area contributed by atoms with Crippen molar-refractivity contribution >= 4 is 35.2 Å². The number of aliphatic imine (C=N–C) groups is 1. The Kier molecular flexibility index (Phi) is 9.18. The number of aromatic nitrogens is 2. The largest absolute Gasteiger partial charge is 0.472 e. The van der Waals surface area contributed by atoms with Crippen LogP contribution in [-0.2, 0) is 12.7 Å². The van der Waals surface area contributed by atoms with Crippen molar-refractivity contribution in [1.82, 2.24) is 19.8 Å². The van der Waals surface area contributed by atoms with Crippen LogP contribution in [0.4, 0.5) is 24.7 Å². The molecule has 44 heavy (non-hydrogen) atoms. The Morgan fingerprint density at radius 2 is 1.93 bits per heavy atom. The zero-order valence-electron chi connectivity index (χ0n) is 23.9. The lowest BCUT2D eigenvalue weighted by molar-refractivity contribution is -0.138. The first-order valence-electron chi connectivity index (χ1n) is 13.5. The van der Waals surface area contributed by atoms with Gasteiger partial charge in [0.25, 0.3) is 5.91 Å². The van der Waals surface area contributed by atoms with E-state index in [1.165, 1.54) is 49.1 Å². The standard InChI is InChI=1S/C30H29ClF3N7O3/c1-36-15-23-26(35)38-27(19-7-12-43-17-19)39-29(23)44-21-5-6-25(31)22(14-21)28(42)37-20-4-3-18(24(13-20)30(32,33)34)16-41-10-8-40(2)9-11-41/h3-7,12-15,17H,8-11,16H2,1-2H3,(H,37,42)(H2,35,38,39). The molecule has 3 heterocycles. The predicted octanol–water partition coefficient (Wildman–Crippen LogP) is 5.83. The third kappa shape index (κ3) is 7.18. The second kappa shape index (κ2) is 13.0. The summed E-state index contributed by atoms with van der Waals surface area (Å²) < 4.78 is 53.3. The highest BCUT2D eigenvalue weighted by molar-refractivity contribution is 6.34. The van der Waals surface area contributed by atoms with Gasteiger partial charge in [-0.2, -0.15) is 18.2 Å². The molecule has 0 unspecified atom stereocenters.